The molecular formula is C22H34N4O. The minimum Gasteiger partial charge on any atom is -0.379 e. The van der Waals surface area contributed by atoms with Gasteiger partial charge in [0.15, 0.2) is 5.96 Å². The normalized spacial score (nSPS) is 26.9. The average Bonchev–Trinajstić information content (AvgIpc) is 3.13. The maximum absolute atomic E-state index is 5.45. The van der Waals surface area contributed by atoms with E-state index >= 15 is 0 Å². The average molecular weight is 371 g/mol. The Morgan fingerprint density at radius 3 is 2.52 bits per heavy atom. The molecule has 27 heavy (non-hydrogen) atoms. The van der Waals surface area contributed by atoms with Crippen LogP contribution in [0.5, 0.6) is 0 Å². The topological polar surface area (TPSA) is 40.1 Å². The number of aliphatic imine (C=N–C) groups is 1. The van der Waals surface area contributed by atoms with E-state index in [1.807, 2.05) is 7.05 Å². The van der Waals surface area contributed by atoms with Gasteiger partial charge in [0, 0.05) is 46.3 Å². The molecule has 1 aliphatic carbocycles. The number of guanidine groups is 1. The van der Waals surface area contributed by atoms with Crippen LogP contribution in [0.2, 0.25) is 0 Å². The Balaban J connectivity index is 1.31. The predicted octanol–water partition coefficient (Wildman–Crippen LogP) is 2.72. The van der Waals surface area contributed by atoms with Crippen molar-refractivity contribution in [2.45, 2.75) is 38.8 Å². The fourth-order valence-corrected chi connectivity index (χ4v) is 4.95. The van der Waals surface area contributed by atoms with Crippen molar-refractivity contribution in [3.63, 3.8) is 0 Å². The number of ether oxygens (including phenoxy) is 1. The van der Waals surface area contributed by atoms with Crippen LogP contribution >= 0.6 is 0 Å². The summed E-state index contributed by atoms with van der Waals surface area (Å²) in [5.74, 6) is 2.84. The Kier molecular flexibility index (Phi) is 6.30. The van der Waals surface area contributed by atoms with Gasteiger partial charge in [0.05, 0.1) is 13.2 Å². The lowest BCUT2D eigenvalue weighted by molar-refractivity contribution is 0.0342. The van der Waals surface area contributed by atoms with Gasteiger partial charge >= 0.3 is 0 Å². The zero-order valence-electron chi connectivity index (χ0n) is 16.7. The number of nitrogens with zero attached hydrogens (tertiary/aromatic N) is 3. The third-order valence-electron chi connectivity index (χ3n) is 6.44. The molecule has 5 nitrogen and oxygen atoms in total. The molecule has 2 saturated heterocycles. The van der Waals surface area contributed by atoms with Crippen molar-refractivity contribution < 1.29 is 4.74 Å². The van der Waals surface area contributed by atoms with Gasteiger partial charge < -0.3 is 15.0 Å². The van der Waals surface area contributed by atoms with Gasteiger partial charge in [-0.2, -0.15) is 0 Å². The lowest BCUT2D eigenvalue weighted by Gasteiger charge is -2.26. The number of hydrogen-bond acceptors (Lipinski definition) is 3. The van der Waals surface area contributed by atoms with Crippen LogP contribution in [0.1, 0.15) is 36.8 Å². The fourth-order valence-electron chi connectivity index (χ4n) is 4.95. The second-order valence-corrected chi connectivity index (χ2v) is 8.32. The Bertz CT molecular complexity index is 627. The first kappa shape index (κ1) is 18.8. The van der Waals surface area contributed by atoms with E-state index in [0.717, 1.165) is 57.2 Å². The van der Waals surface area contributed by atoms with E-state index < -0.39 is 0 Å². The summed E-state index contributed by atoms with van der Waals surface area (Å²) in [6.07, 6.45) is 5.64. The van der Waals surface area contributed by atoms with Gasteiger partial charge in [-0.1, -0.05) is 37.1 Å². The molecule has 0 aromatic heterocycles. The third-order valence-corrected chi connectivity index (χ3v) is 6.44. The Labute approximate surface area is 163 Å². The molecule has 0 amide bonds. The van der Waals surface area contributed by atoms with Crippen LogP contribution in [0.15, 0.2) is 29.3 Å². The molecule has 2 heterocycles. The molecule has 1 N–H and O–H groups in total. The van der Waals surface area contributed by atoms with Gasteiger partial charge in [-0.15, -0.1) is 0 Å². The zero-order valence-corrected chi connectivity index (χ0v) is 16.7. The zero-order chi connectivity index (χ0) is 18.5. The summed E-state index contributed by atoms with van der Waals surface area (Å²) in [5.41, 5.74) is 2.72. The standard InChI is InChI=1S/C22H34N4O/c1-23-22(26-16-20-7-2-3-8-21(20)17-26)24-14-18-5-4-6-19(13-18)15-25-9-11-27-12-10-25/h4-6,13,20-21H,2-3,7-12,14-17H2,1H3,(H,23,24). The smallest absolute Gasteiger partial charge is 0.193 e. The lowest BCUT2D eigenvalue weighted by atomic mass is 9.82. The molecule has 3 aliphatic rings. The number of benzene rings is 1. The molecule has 4 rings (SSSR count). The summed E-state index contributed by atoms with van der Waals surface area (Å²) in [7, 11) is 1.92. The number of fused-ring (bicyclic) bond motifs is 1. The van der Waals surface area contributed by atoms with E-state index in [2.05, 4.69) is 44.4 Å². The quantitative estimate of drug-likeness (QED) is 0.653. The molecular weight excluding hydrogens is 336 g/mol. The number of rotatable bonds is 4. The van der Waals surface area contributed by atoms with Crippen molar-refractivity contribution in [3.05, 3.63) is 35.4 Å². The fraction of sp³-hybridized carbons (Fsp3) is 0.682. The molecule has 0 bridgehead atoms. The third kappa shape index (κ3) is 4.82. The van der Waals surface area contributed by atoms with Crippen molar-refractivity contribution in [2.75, 3.05) is 46.4 Å². The van der Waals surface area contributed by atoms with Crippen LogP contribution in [-0.2, 0) is 17.8 Å². The Hall–Kier alpha value is -1.59. The molecule has 5 heteroatoms. The van der Waals surface area contributed by atoms with E-state index in [1.54, 1.807) is 0 Å². The highest BCUT2D eigenvalue weighted by atomic mass is 16.5. The highest BCUT2D eigenvalue weighted by Crippen LogP contribution is 2.35. The SMILES string of the molecule is CN=C(NCc1cccc(CN2CCOCC2)c1)N1CC2CCCCC2C1. The van der Waals surface area contributed by atoms with Crippen LogP contribution in [0, 0.1) is 11.8 Å². The second-order valence-electron chi connectivity index (χ2n) is 8.32. The van der Waals surface area contributed by atoms with Crippen LogP contribution in [0.25, 0.3) is 0 Å². The van der Waals surface area contributed by atoms with Gasteiger partial charge in [-0.25, -0.2) is 0 Å². The van der Waals surface area contributed by atoms with E-state index in [4.69, 9.17) is 4.74 Å². The highest BCUT2D eigenvalue weighted by molar-refractivity contribution is 5.80. The molecule has 2 unspecified atom stereocenters. The van der Waals surface area contributed by atoms with Gasteiger partial charge in [0.2, 0.25) is 0 Å². The van der Waals surface area contributed by atoms with Crippen molar-refractivity contribution >= 4 is 5.96 Å². The lowest BCUT2D eigenvalue weighted by Crippen LogP contribution is -2.40. The van der Waals surface area contributed by atoms with Gasteiger partial charge in [-0.05, 0) is 35.8 Å². The minimum absolute atomic E-state index is 0.843. The predicted molar refractivity (Wildman–Crippen MR) is 110 cm³/mol. The largest absolute Gasteiger partial charge is 0.379 e. The molecule has 1 saturated carbocycles. The van der Waals surface area contributed by atoms with E-state index in [1.165, 1.54) is 49.9 Å². The highest BCUT2D eigenvalue weighted by Gasteiger charge is 2.35. The molecule has 0 radical (unpaired) electrons. The maximum Gasteiger partial charge on any atom is 0.193 e. The van der Waals surface area contributed by atoms with E-state index in [9.17, 15) is 0 Å². The first-order valence-corrected chi connectivity index (χ1v) is 10.7. The summed E-state index contributed by atoms with van der Waals surface area (Å²) in [6.45, 7) is 8.00. The first-order chi connectivity index (χ1) is 13.3. The van der Waals surface area contributed by atoms with Crippen LogP contribution in [0.3, 0.4) is 0 Å². The summed E-state index contributed by atoms with van der Waals surface area (Å²) in [6, 6.07) is 8.96. The van der Waals surface area contributed by atoms with Crippen LogP contribution in [-0.4, -0.2) is 62.2 Å². The molecule has 2 atom stereocenters. The molecule has 0 spiro atoms. The molecule has 1 aromatic carbocycles. The van der Waals surface area contributed by atoms with Crippen molar-refractivity contribution in [1.82, 2.24) is 15.1 Å². The summed E-state index contributed by atoms with van der Waals surface area (Å²) in [5, 5.41) is 3.61. The summed E-state index contributed by atoms with van der Waals surface area (Å²) < 4.78 is 5.45. The molecule has 3 fully saturated rings. The summed E-state index contributed by atoms with van der Waals surface area (Å²) in [4.78, 5) is 9.53. The first-order valence-electron chi connectivity index (χ1n) is 10.7. The van der Waals surface area contributed by atoms with Crippen LogP contribution in [0.4, 0.5) is 0 Å². The minimum atomic E-state index is 0.843. The van der Waals surface area contributed by atoms with E-state index in [-0.39, 0.29) is 0 Å². The van der Waals surface area contributed by atoms with Gasteiger partial charge in [0.25, 0.3) is 0 Å². The monoisotopic (exact) mass is 370 g/mol. The Morgan fingerprint density at radius 2 is 1.81 bits per heavy atom. The van der Waals surface area contributed by atoms with Gasteiger partial charge in [0.1, 0.15) is 0 Å². The Morgan fingerprint density at radius 1 is 1.11 bits per heavy atom. The molecule has 2 aliphatic heterocycles. The number of nitrogens with one attached hydrogen (secondary N) is 1. The maximum atomic E-state index is 5.45. The van der Waals surface area contributed by atoms with Crippen molar-refractivity contribution in [3.8, 4) is 0 Å². The molecule has 1 aromatic rings. The van der Waals surface area contributed by atoms with Crippen molar-refractivity contribution in [1.29, 1.82) is 0 Å². The van der Waals surface area contributed by atoms with E-state index in [0.29, 0.717) is 0 Å². The van der Waals surface area contributed by atoms with Crippen molar-refractivity contribution in [2.24, 2.45) is 16.8 Å². The number of hydrogen-bond donors (Lipinski definition) is 1. The molecule has 148 valence electrons. The van der Waals surface area contributed by atoms with Gasteiger partial charge in [-0.3, -0.25) is 9.89 Å². The number of morpholine rings is 1. The second kappa shape index (κ2) is 9.07. The van der Waals surface area contributed by atoms with Crippen LogP contribution < -0.4 is 5.32 Å². The number of likely N-dealkylation sites (tertiary alicyclic amines) is 1. The summed E-state index contributed by atoms with van der Waals surface area (Å²) >= 11 is 0.